The number of piperazine rings is 1. The van der Waals surface area contributed by atoms with E-state index in [4.69, 9.17) is 11.6 Å². The molecule has 0 bridgehead atoms. The van der Waals surface area contributed by atoms with E-state index in [0.717, 1.165) is 23.9 Å². The lowest BCUT2D eigenvalue weighted by molar-refractivity contribution is 0.208. The molecule has 0 aliphatic carbocycles. The smallest absolute Gasteiger partial charge is 0.321 e. The lowest BCUT2D eigenvalue weighted by atomic mass is 10.3. The number of nitrogens with zero attached hydrogens (tertiary/aromatic N) is 3. The Balaban J connectivity index is 1.54. The number of amides is 2. The van der Waals surface area contributed by atoms with Crippen LogP contribution < -0.4 is 10.2 Å². The second-order valence-corrected chi connectivity index (χ2v) is 6.04. The minimum atomic E-state index is -0.0730. The van der Waals surface area contributed by atoms with E-state index >= 15 is 0 Å². The van der Waals surface area contributed by atoms with E-state index in [9.17, 15) is 4.79 Å². The Morgan fingerprint density at radius 3 is 2.52 bits per heavy atom. The fourth-order valence-electron chi connectivity index (χ4n) is 2.21. The summed E-state index contributed by atoms with van der Waals surface area (Å²) >= 11 is 7.45. The van der Waals surface area contributed by atoms with Gasteiger partial charge in [-0.05, 0) is 24.3 Å². The van der Waals surface area contributed by atoms with Gasteiger partial charge in [-0.25, -0.2) is 9.78 Å². The largest absolute Gasteiger partial charge is 0.345 e. The lowest BCUT2D eigenvalue weighted by Crippen LogP contribution is -2.50. The first-order valence-corrected chi connectivity index (χ1v) is 7.94. The molecule has 0 saturated carbocycles. The molecule has 1 N–H and O–H groups in total. The van der Waals surface area contributed by atoms with Gasteiger partial charge >= 0.3 is 6.03 Å². The highest BCUT2D eigenvalue weighted by atomic mass is 35.5. The Hall–Kier alpha value is -1.79. The minimum absolute atomic E-state index is 0.0730. The molecule has 21 heavy (non-hydrogen) atoms. The summed E-state index contributed by atoms with van der Waals surface area (Å²) in [6, 6.07) is 7.05. The van der Waals surface area contributed by atoms with E-state index in [2.05, 4.69) is 15.2 Å². The molecule has 1 fully saturated rings. The van der Waals surface area contributed by atoms with Gasteiger partial charge in [0, 0.05) is 48.5 Å². The molecule has 1 aliphatic rings. The first kappa shape index (κ1) is 14.2. The molecule has 2 amide bonds. The number of anilines is 2. The second-order valence-electron chi connectivity index (χ2n) is 4.73. The minimum Gasteiger partial charge on any atom is -0.345 e. The van der Waals surface area contributed by atoms with E-state index in [1.165, 1.54) is 0 Å². The number of halogens is 1. The van der Waals surface area contributed by atoms with Crippen molar-refractivity contribution in [1.82, 2.24) is 9.88 Å². The number of nitrogens with one attached hydrogen (secondary N) is 1. The van der Waals surface area contributed by atoms with Gasteiger partial charge in [-0.3, -0.25) is 0 Å². The molecule has 2 aromatic rings. The quantitative estimate of drug-likeness (QED) is 0.924. The third-order valence-corrected chi connectivity index (χ3v) is 4.44. The van der Waals surface area contributed by atoms with Gasteiger partial charge in [0.15, 0.2) is 5.13 Å². The van der Waals surface area contributed by atoms with Crippen LogP contribution in [0.15, 0.2) is 35.8 Å². The van der Waals surface area contributed by atoms with Crippen LogP contribution in [0.25, 0.3) is 0 Å². The highest BCUT2D eigenvalue weighted by Crippen LogP contribution is 2.19. The normalized spacial score (nSPS) is 15.1. The average Bonchev–Trinajstić information content (AvgIpc) is 3.04. The number of carbonyl (C=O) groups is 1. The number of hydrogen-bond acceptors (Lipinski definition) is 4. The molecular weight excluding hydrogens is 308 g/mol. The van der Waals surface area contributed by atoms with Crippen LogP contribution in [-0.4, -0.2) is 42.1 Å². The first-order chi connectivity index (χ1) is 10.2. The van der Waals surface area contributed by atoms with Crippen LogP contribution >= 0.6 is 22.9 Å². The van der Waals surface area contributed by atoms with Gasteiger partial charge in [-0.1, -0.05) is 11.6 Å². The summed E-state index contributed by atoms with van der Waals surface area (Å²) in [5.74, 6) is 0. The Labute approximate surface area is 132 Å². The molecule has 3 rings (SSSR count). The van der Waals surface area contributed by atoms with Crippen LogP contribution in [-0.2, 0) is 0 Å². The van der Waals surface area contributed by atoms with E-state index in [1.54, 1.807) is 41.8 Å². The van der Waals surface area contributed by atoms with Crippen LogP contribution in [0.5, 0.6) is 0 Å². The van der Waals surface area contributed by atoms with Gasteiger partial charge in [0.2, 0.25) is 0 Å². The molecule has 0 spiro atoms. The van der Waals surface area contributed by atoms with Crippen molar-refractivity contribution in [1.29, 1.82) is 0 Å². The molecule has 5 nitrogen and oxygen atoms in total. The summed E-state index contributed by atoms with van der Waals surface area (Å²) in [7, 11) is 0. The van der Waals surface area contributed by atoms with Crippen molar-refractivity contribution in [3.63, 3.8) is 0 Å². The van der Waals surface area contributed by atoms with Gasteiger partial charge in [0.25, 0.3) is 0 Å². The zero-order valence-electron chi connectivity index (χ0n) is 11.3. The fourth-order valence-corrected chi connectivity index (χ4v) is 3.03. The van der Waals surface area contributed by atoms with Crippen LogP contribution in [0.2, 0.25) is 5.02 Å². The molecule has 1 aromatic heterocycles. The third kappa shape index (κ3) is 3.46. The van der Waals surface area contributed by atoms with E-state index < -0.39 is 0 Å². The maximum Gasteiger partial charge on any atom is 0.321 e. The van der Waals surface area contributed by atoms with Crippen molar-refractivity contribution in [2.75, 3.05) is 36.4 Å². The van der Waals surface area contributed by atoms with E-state index in [1.807, 2.05) is 10.3 Å². The maximum absolute atomic E-state index is 12.2. The van der Waals surface area contributed by atoms with Crippen molar-refractivity contribution in [3.8, 4) is 0 Å². The molecule has 0 radical (unpaired) electrons. The molecular formula is C14H15ClN4OS. The number of carbonyl (C=O) groups excluding carboxylic acids is 1. The Bertz CT molecular complexity index is 594. The third-order valence-electron chi connectivity index (χ3n) is 3.35. The number of rotatable bonds is 2. The van der Waals surface area contributed by atoms with Gasteiger partial charge in [0.05, 0.1) is 0 Å². The van der Waals surface area contributed by atoms with Crippen molar-refractivity contribution in [2.45, 2.75) is 0 Å². The van der Waals surface area contributed by atoms with Gasteiger partial charge in [0.1, 0.15) is 0 Å². The van der Waals surface area contributed by atoms with Gasteiger partial charge in [-0.2, -0.15) is 0 Å². The summed E-state index contributed by atoms with van der Waals surface area (Å²) < 4.78 is 0. The maximum atomic E-state index is 12.2. The summed E-state index contributed by atoms with van der Waals surface area (Å²) in [6.07, 6.45) is 1.81. The van der Waals surface area contributed by atoms with E-state index in [-0.39, 0.29) is 6.03 Å². The van der Waals surface area contributed by atoms with Gasteiger partial charge < -0.3 is 15.1 Å². The molecule has 2 heterocycles. The fraction of sp³-hybridized carbons (Fsp3) is 0.286. The molecule has 1 aromatic carbocycles. The van der Waals surface area contributed by atoms with Gasteiger partial charge in [-0.15, -0.1) is 11.3 Å². The number of aromatic nitrogens is 1. The number of urea groups is 1. The van der Waals surface area contributed by atoms with Crippen molar-refractivity contribution >= 4 is 39.8 Å². The average molecular weight is 323 g/mol. The monoisotopic (exact) mass is 322 g/mol. The molecule has 1 saturated heterocycles. The van der Waals surface area contributed by atoms with Crippen molar-refractivity contribution in [3.05, 3.63) is 40.9 Å². The molecule has 0 unspecified atom stereocenters. The van der Waals surface area contributed by atoms with Crippen LogP contribution in [0.4, 0.5) is 15.6 Å². The molecule has 110 valence electrons. The number of hydrogen-bond donors (Lipinski definition) is 1. The first-order valence-electron chi connectivity index (χ1n) is 6.68. The standard InChI is InChI=1S/C14H15ClN4OS/c15-11-1-3-12(4-2-11)17-13(20)18-6-8-19(9-7-18)14-16-5-10-21-14/h1-5,10H,6-9H2,(H,17,20). The van der Waals surface area contributed by atoms with Crippen LogP contribution in [0.1, 0.15) is 0 Å². The topological polar surface area (TPSA) is 48.5 Å². The van der Waals surface area contributed by atoms with Crippen LogP contribution in [0, 0.1) is 0 Å². The summed E-state index contributed by atoms with van der Waals surface area (Å²) in [4.78, 5) is 20.5. The Kier molecular flexibility index (Phi) is 4.26. The molecule has 7 heteroatoms. The zero-order valence-corrected chi connectivity index (χ0v) is 12.9. The summed E-state index contributed by atoms with van der Waals surface area (Å²) in [6.45, 7) is 3.00. The summed E-state index contributed by atoms with van der Waals surface area (Å²) in [5.41, 5.74) is 0.756. The highest BCUT2D eigenvalue weighted by Gasteiger charge is 2.22. The van der Waals surface area contributed by atoms with Crippen molar-refractivity contribution in [2.24, 2.45) is 0 Å². The van der Waals surface area contributed by atoms with E-state index in [0.29, 0.717) is 18.1 Å². The highest BCUT2D eigenvalue weighted by molar-refractivity contribution is 7.13. The zero-order chi connectivity index (χ0) is 14.7. The predicted molar refractivity (Wildman–Crippen MR) is 86.4 cm³/mol. The summed E-state index contributed by atoms with van der Waals surface area (Å²) in [5, 5.41) is 6.53. The van der Waals surface area contributed by atoms with Crippen molar-refractivity contribution < 1.29 is 4.79 Å². The Morgan fingerprint density at radius 2 is 1.90 bits per heavy atom. The number of thiazole rings is 1. The second kappa shape index (κ2) is 6.32. The predicted octanol–water partition coefficient (Wildman–Crippen LogP) is 3.15. The lowest BCUT2D eigenvalue weighted by Gasteiger charge is -2.34. The molecule has 1 aliphatic heterocycles. The SMILES string of the molecule is O=C(Nc1ccc(Cl)cc1)N1CCN(c2nccs2)CC1. The Morgan fingerprint density at radius 1 is 1.19 bits per heavy atom. The molecule has 0 atom stereocenters. The number of benzene rings is 1. The van der Waals surface area contributed by atoms with Crippen LogP contribution in [0.3, 0.4) is 0 Å².